The minimum Gasteiger partial charge on any atom is -0.497 e. The van der Waals surface area contributed by atoms with E-state index in [9.17, 15) is 22.0 Å². The number of nitrogens with zero attached hydrogens (tertiary/aromatic N) is 4. The number of benzene rings is 3. The minimum atomic E-state index is -4.65. The summed E-state index contributed by atoms with van der Waals surface area (Å²) in [7, 11) is 1.46. The summed E-state index contributed by atoms with van der Waals surface area (Å²) in [5.41, 5.74) is 0.323. The number of ether oxygens (including phenoxy) is 4. The van der Waals surface area contributed by atoms with Crippen molar-refractivity contribution in [1.82, 2.24) is 9.88 Å². The lowest BCUT2D eigenvalue weighted by Crippen LogP contribution is -2.38. The molecule has 0 unspecified atom stereocenters. The third kappa shape index (κ3) is 10.5. The van der Waals surface area contributed by atoms with Gasteiger partial charge < -0.3 is 34.1 Å². The topological polar surface area (TPSA) is 123 Å². The van der Waals surface area contributed by atoms with Crippen molar-refractivity contribution in [3.63, 3.8) is 0 Å². The highest BCUT2D eigenvalue weighted by Crippen LogP contribution is 2.38. The second kappa shape index (κ2) is 17.2. The number of hydrogen-bond acceptors (Lipinski definition) is 10. The molecule has 0 bridgehead atoms. The van der Waals surface area contributed by atoms with Crippen LogP contribution < -0.4 is 28.7 Å². The molecule has 12 nitrogen and oxygen atoms in total. The summed E-state index contributed by atoms with van der Waals surface area (Å²) in [4.78, 5) is 19.0. The Hall–Kier alpha value is -5.09. The van der Waals surface area contributed by atoms with Crippen molar-refractivity contribution < 1.29 is 45.3 Å². The predicted octanol–water partition coefficient (Wildman–Crippen LogP) is 7.93. The molecule has 53 heavy (non-hydrogen) atoms. The fourth-order valence-electron chi connectivity index (χ4n) is 4.97. The van der Waals surface area contributed by atoms with Crippen LogP contribution in [0.4, 0.5) is 40.8 Å². The van der Waals surface area contributed by atoms with Gasteiger partial charge in [-0.25, -0.2) is 26.9 Å². The van der Waals surface area contributed by atoms with Crippen molar-refractivity contribution >= 4 is 50.6 Å². The zero-order valence-electron chi connectivity index (χ0n) is 30.2. The van der Waals surface area contributed by atoms with Crippen LogP contribution in [-0.4, -0.2) is 78.0 Å². The number of halogens is 4. The van der Waals surface area contributed by atoms with E-state index in [-0.39, 0.29) is 47.6 Å². The second-order valence-corrected chi connectivity index (χ2v) is 14.9. The monoisotopic (exact) mass is 779 g/mol. The molecule has 0 aliphatic heterocycles. The van der Waals surface area contributed by atoms with Crippen molar-refractivity contribution in [3.8, 4) is 17.2 Å². The number of likely N-dealkylation sites (N-methyl/N-ethyl adjacent to an activating group) is 2. The van der Waals surface area contributed by atoms with E-state index in [0.29, 0.717) is 22.7 Å². The first kappa shape index (κ1) is 40.7. The van der Waals surface area contributed by atoms with Gasteiger partial charge in [-0.1, -0.05) is 17.7 Å². The maximum atomic E-state index is 16.0. The fraction of sp³-hybridized carbons (Fsp3) is 0.333. The molecule has 0 aliphatic rings. The van der Waals surface area contributed by atoms with Crippen molar-refractivity contribution in [2.45, 2.75) is 44.4 Å². The third-order valence-electron chi connectivity index (χ3n) is 7.65. The molecule has 1 N–H and O–H groups in total. The van der Waals surface area contributed by atoms with E-state index in [1.54, 1.807) is 70.1 Å². The molecule has 0 fully saturated rings. The van der Waals surface area contributed by atoms with Crippen LogP contribution in [0.1, 0.15) is 26.3 Å². The molecule has 0 saturated heterocycles. The van der Waals surface area contributed by atoms with Gasteiger partial charge >= 0.3 is 12.7 Å². The lowest BCUT2D eigenvalue weighted by atomic mass is 10.2. The van der Waals surface area contributed by atoms with E-state index in [0.717, 1.165) is 16.4 Å². The zero-order valence-corrected chi connectivity index (χ0v) is 31.8. The number of methoxy groups -OCH3 is 2. The molecule has 1 amide bonds. The minimum absolute atomic E-state index is 0.0131. The SMILES string of the molecule is COc1ccc(CN(c2ccccn2)S(=O)(=O)c2cc(Cl)c(Nc3ccc(OC(F)F)cc3N(C)CCN(C)C(=O)OC(C)(C)C)cc2F)c(OC)c1. The van der Waals surface area contributed by atoms with Gasteiger partial charge in [0.15, 0.2) is 0 Å². The van der Waals surface area contributed by atoms with Crippen molar-refractivity contribution in [2.24, 2.45) is 0 Å². The Morgan fingerprint density at radius 3 is 2.28 bits per heavy atom. The number of anilines is 4. The largest absolute Gasteiger partial charge is 0.497 e. The lowest BCUT2D eigenvalue weighted by molar-refractivity contribution is -0.0498. The highest BCUT2D eigenvalue weighted by atomic mass is 35.5. The molecular formula is C36H41ClF3N5O7S. The Morgan fingerprint density at radius 2 is 1.66 bits per heavy atom. The van der Waals surface area contributed by atoms with Crippen LogP contribution in [-0.2, 0) is 21.3 Å². The number of carbonyl (C=O) groups is 1. The average molecular weight is 780 g/mol. The number of sulfonamides is 1. The number of nitrogens with one attached hydrogen (secondary N) is 1. The predicted molar refractivity (Wildman–Crippen MR) is 197 cm³/mol. The molecule has 0 spiro atoms. The molecular weight excluding hydrogens is 739 g/mol. The van der Waals surface area contributed by atoms with E-state index in [1.807, 2.05) is 0 Å². The van der Waals surface area contributed by atoms with Gasteiger partial charge in [-0.05, 0) is 63.2 Å². The molecule has 17 heteroatoms. The molecule has 0 aliphatic carbocycles. The first-order valence-corrected chi connectivity index (χ1v) is 17.9. The Morgan fingerprint density at radius 1 is 0.943 bits per heavy atom. The van der Waals surface area contributed by atoms with E-state index in [1.165, 1.54) is 49.6 Å². The van der Waals surface area contributed by atoms with Crippen molar-refractivity contribution in [3.05, 3.63) is 89.3 Å². The van der Waals surface area contributed by atoms with E-state index >= 15 is 4.39 Å². The number of carbonyl (C=O) groups excluding carboxylic acids is 1. The summed E-state index contributed by atoms with van der Waals surface area (Å²) < 4.78 is 92.4. The zero-order chi connectivity index (χ0) is 39.1. The van der Waals surface area contributed by atoms with Gasteiger partial charge in [-0.15, -0.1) is 0 Å². The molecule has 1 aromatic heterocycles. The van der Waals surface area contributed by atoms with E-state index in [4.69, 9.17) is 25.8 Å². The standard InChI is InChI=1S/C36H41ClF3N5O7S/c1-36(2,3)52-35(46)44(5)17-16-43(4)30-18-25(51-34(39)40)13-14-28(30)42-29-21-27(38)32(20-26(29)37)53(47,48)45(33-10-8-9-15-41-33)22-23-11-12-24(49-6)19-31(23)50-7/h8-15,18-21,34,42H,16-17,22H2,1-7H3. The first-order chi connectivity index (χ1) is 24.9. The van der Waals surface area contributed by atoms with E-state index < -0.39 is 39.0 Å². The Kier molecular flexibility index (Phi) is 13.2. The summed E-state index contributed by atoms with van der Waals surface area (Å²) in [5, 5.41) is 2.81. The van der Waals surface area contributed by atoms with Gasteiger partial charge in [0.25, 0.3) is 10.0 Å². The van der Waals surface area contributed by atoms with Gasteiger partial charge in [0, 0.05) is 57.1 Å². The Bertz CT molecular complexity index is 2000. The van der Waals surface area contributed by atoms with Gasteiger partial charge in [-0.2, -0.15) is 8.78 Å². The third-order valence-corrected chi connectivity index (χ3v) is 9.73. The molecule has 0 atom stereocenters. The van der Waals surface area contributed by atoms with E-state index in [2.05, 4.69) is 15.0 Å². The molecule has 4 aromatic rings. The molecule has 3 aromatic carbocycles. The molecule has 0 radical (unpaired) electrons. The van der Waals surface area contributed by atoms with Gasteiger partial charge in [-0.3, -0.25) is 0 Å². The second-order valence-electron chi connectivity index (χ2n) is 12.6. The molecule has 1 heterocycles. The number of pyridine rings is 1. The summed E-state index contributed by atoms with van der Waals surface area (Å²) in [6.45, 7) is 2.23. The smallest absolute Gasteiger partial charge is 0.410 e. The summed E-state index contributed by atoms with van der Waals surface area (Å²) in [6.07, 6.45) is 0.849. The number of rotatable bonds is 15. The number of hydrogen-bond donors (Lipinski definition) is 1. The molecule has 0 saturated carbocycles. The Balaban J connectivity index is 1.68. The van der Waals surface area contributed by atoms with Crippen LogP contribution in [0, 0.1) is 5.82 Å². The van der Waals surface area contributed by atoms with Gasteiger partial charge in [0.1, 0.15) is 39.4 Å². The summed E-state index contributed by atoms with van der Waals surface area (Å²) >= 11 is 6.61. The van der Waals surface area contributed by atoms with Crippen LogP contribution in [0.25, 0.3) is 0 Å². The highest BCUT2D eigenvalue weighted by Gasteiger charge is 2.31. The average Bonchev–Trinajstić information content (AvgIpc) is 3.10. The maximum Gasteiger partial charge on any atom is 0.410 e. The molecule has 286 valence electrons. The normalized spacial score (nSPS) is 11.5. The van der Waals surface area contributed by atoms with Crippen LogP contribution in [0.5, 0.6) is 17.2 Å². The highest BCUT2D eigenvalue weighted by molar-refractivity contribution is 7.92. The van der Waals surface area contributed by atoms with Crippen molar-refractivity contribution in [1.29, 1.82) is 0 Å². The molecule has 4 rings (SSSR count). The number of alkyl halides is 2. The quantitative estimate of drug-likeness (QED) is 0.127. The number of aromatic nitrogens is 1. The lowest BCUT2D eigenvalue weighted by Gasteiger charge is -2.28. The first-order valence-electron chi connectivity index (χ1n) is 16.1. The fourth-order valence-corrected chi connectivity index (χ4v) is 6.72. The number of amides is 1. The van der Waals surface area contributed by atoms with Crippen LogP contribution in [0.15, 0.2) is 77.8 Å². The summed E-state index contributed by atoms with van der Waals surface area (Å²) in [6, 6.07) is 15.4. The Labute approximate surface area is 312 Å². The van der Waals surface area contributed by atoms with Gasteiger partial charge in [0.05, 0.1) is 42.8 Å². The van der Waals surface area contributed by atoms with Gasteiger partial charge in [0.2, 0.25) is 0 Å². The van der Waals surface area contributed by atoms with Crippen LogP contribution >= 0.6 is 11.6 Å². The maximum absolute atomic E-state index is 16.0. The van der Waals surface area contributed by atoms with Crippen molar-refractivity contribution in [2.75, 3.05) is 55.9 Å². The van der Waals surface area contributed by atoms with Crippen LogP contribution in [0.3, 0.4) is 0 Å². The summed E-state index contributed by atoms with van der Waals surface area (Å²) in [5.74, 6) is -0.460. The van der Waals surface area contributed by atoms with Crippen LogP contribution in [0.2, 0.25) is 5.02 Å².